The zero-order valence-corrected chi connectivity index (χ0v) is 22.3. The van der Waals surface area contributed by atoms with Crippen LogP contribution in [0.2, 0.25) is 0 Å². The number of aromatic nitrogens is 5. The van der Waals surface area contributed by atoms with Gasteiger partial charge in [-0.1, -0.05) is 36.4 Å². The van der Waals surface area contributed by atoms with Crippen LogP contribution in [0.3, 0.4) is 0 Å². The number of pyridine rings is 1. The summed E-state index contributed by atoms with van der Waals surface area (Å²) in [6, 6.07) is 19.8. The third kappa shape index (κ3) is 3.82. The second kappa shape index (κ2) is 8.98. The molecule has 1 unspecified atom stereocenters. The zero-order chi connectivity index (χ0) is 26.6. The van der Waals surface area contributed by atoms with Gasteiger partial charge in [-0.2, -0.15) is 0 Å². The first-order valence-corrected chi connectivity index (χ1v) is 14.8. The number of aliphatic hydroxyl groups is 1. The maximum atomic E-state index is 13.5. The first kappa shape index (κ1) is 24.0. The Labute approximate surface area is 228 Å². The molecule has 10 heteroatoms. The molecular formula is C29H23N5O3S2. The van der Waals surface area contributed by atoms with Crippen molar-refractivity contribution in [3.63, 3.8) is 0 Å². The Kier molecular flexibility index (Phi) is 5.51. The van der Waals surface area contributed by atoms with E-state index in [2.05, 4.69) is 9.97 Å². The number of hydrogen-bond donors (Lipinski definition) is 1. The fourth-order valence-electron chi connectivity index (χ4n) is 5.30. The second-order valence-corrected chi connectivity index (χ2v) is 12.2. The van der Waals surface area contributed by atoms with Gasteiger partial charge in [-0.3, -0.25) is 0 Å². The Hall–Kier alpha value is -4.12. The summed E-state index contributed by atoms with van der Waals surface area (Å²) in [6.07, 6.45) is 8.27. The number of imidazole rings is 1. The Morgan fingerprint density at radius 2 is 1.85 bits per heavy atom. The summed E-state index contributed by atoms with van der Waals surface area (Å²) in [5, 5.41) is 15.0. The fraction of sp³-hybridized carbons (Fsp3) is 0.138. The van der Waals surface area contributed by atoms with Crippen LogP contribution < -0.4 is 0 Å². The molecule has 1 N–H and O–H groups in total. The van der Waals surface area contributed by atoms with E-state index in [9.17, 15) is 13.5 Å². The standard InChI is InChI=1S/C29H23N5O3S2/c35-29(12-6-15-33-16-14-31-28(29)33)21-8-4-7-20(17-21)25-19-38-27(32-25)24-18-34(26-23(24)11-5-13-30-26)39(36,37)22-9-2-1-3-10-22/h1-5,7-11,13-14,16-19,35H,6,12,15H2. The molecule has 8 nitrogen and oxygen atoms in total. The third-order valence-corrected chi connectivity index (χ3v) is 9.77. The van der Waals surface area contributed by atoms with Gasteiger partial charge in [0.25, 0.3) is 10.0 Å². The molecule has 1 atom stereocenters. The summed E-state index contributed by atoms with van der Waals surface area (Å²) < 4.78 is 30.2. The molecule has 0 fully saturated rings. The summed E-state index contributed by atoms with van der Waals surface area (Å²) in [4.78, 5) is 13.9. The van der Waals surface area contributed by atoms with Crippen molar-refractivity contribution in [1.29, 1.82) is 0 Å². The van der Waals surface area contributed by atoms with E-state index >= 15 is 0 Å². The summed E-state index contributed by atoms with van der Waals surface area (Å²) in [7, 11) is -3.85. The zero-order valence-electron chi connectivity index (χ0n) is 20.7. The van der Waals surface area contributed by atoms with E-state index in [1.165, 1.54) is 15.3 Å². The van der Waals surface area contributed by atoms with Crippen molar-refractivity contribution < 1.29 is 13.5 Å². The van der Waals surface area contributed by atoms with Gasteiger partial charge in [-0.25, -0.2) is 27.3 Å². The SMILES string of the molecule is O=S(=O)(c1ccccc1)n1cc(-c2nc(-c3cccc(C4(O)CCCn5ccnc54)c3)cs2)c2cccnc21. The van der Waals surface area contributed by atoms with Crippen LogP contribution in [-0.2, 0) is 22.2 Å². The molecule has 0 aliphatic carbocycles. The van der Waals surface area contributed by atoms with Gasteiger partial charge in [-0.05, 0) is 48.7 Å². The van der Waals surface area contributed by atoms with Crippen LogP contribution in [0, 0.1) is 0 Å². The molecule has 1 aliphatic rings. The van der Waals surface area contributed by atoms with Gasteiger partial charge in [0.2, 0.25) is 0 Å². The first-order chi connectivity index (χ1) is 18.9. The van der Waals surface area contributed by atoms with Crippen LogP contribution in [0.1, 0.15) is 24.2 Å². The molecular weight excluding hydrogens is 530 g/mol. The summed E-state index contributed by atoms with van der Waals surface area (Å²) in [5.41, 5.74) is 2.27. The molecule has 0 radical (unpaired) electrons. The summed E-state index contributed by atoms with van der Waals surface area (Å²) in [5.74, 6) is 0.657. The van der Waals surface area contributed by atoms with Crippen molar-refractivity contribution in [2.75, 3.05) is 0 Å². The molecule has 0 saturated carbocycles. The van der Waals surface area contributed by atoms with Crippen molar-refractivity contribution in [2.24, 2.45) is 0 Å². The fourth-order valence-corrected chi connectivity index (χ4v) is 7.50. The second-order valence-electron chi connectivity index (χ2n) is 9.56. The number of nitrogens with zero attached hydrogens (tertiary/aromatic N) is 5. The molecule has 4 aromatic heterocycles. The van der Waals surface area contributed by atoms with Crippen LogP contribution in [-0.4, -0.2) is 37.0 Å². The predicted molar refractivity (Wildman–Crippen MR) is 150 cm³/mol. The maximum absolute atomic E-state index is 13.5. The number of aryl methyl sites for hydroxylation is 1. The lowest BCUT2D eigenvalue weighted by atomic mass is 9.85. The Morgan fingerprint density at radius 3 is 2.72 bits per heavy atom. The third-order valence-electron chi connectivity index (χ3n) is 7.23. The highest BCUT2D eigenvalue weighted by atomic mass is 32.2. The van der Waals surface area contributed by atoms with Crippen molar-refractivity contribution in [3.05, 3.63) is 108 Å². The smallest absolute Gasteiger partial charge is 0.269 e. The van der Waals surface area contributed by atoms with E-state index in [1.54, 1.807) is 55.0 Å². The molecule has 0 bridgehead atoms. The van der Waals surface area contributed by atoms with Crippen molar-refractivity contribution in [2.45, 2.75) is 29.9 Å². The highest BCUT2D eigenvalue weighted by Crippen LogP contribution is 2.39. The minimum atomic E-state index is -3.85. The number of thiazole rings is 1. The Bertz CT molecular complexity index is 1940. The molecule has 5 heterocycles. The number of fused-ring (bicyclic) bond motifs is 2. The van der Waals surface area contributed by atoms with Crippen LogP contribution in [0.4, 0.5) is 0 Å². The number of hydrogen-bond acceptors (Lipinski definition) is 7. The van der Waals surface area contributed by atoms with Crippen molar-refractivity contribution in [1.82, 2.24) is 23.5 Å². The largest absolute Gasteiger partial charge is 0.377 e. The number of benzene rings is 2. The highest BCUT2D eigenvalue weighted by Gasteiger charge is 2.38. The summed E-state index contributed by atoms with van der Waals surface area (Å²) in [6.45, 7) is 0.842. The van der Waals surface area contributed by atoms with Gasteiger partial charge in [0.1, 0.15) is 16.4 Å². The summed E-state index contributed by atoms with van der Waals surface area (Å²) >= 11 is 1.44. The van der Waals surface area contributed by atoms with Crippen LogP contribution >= 0.6 is 11.3 Å². The quantitative estimate of drug-likeness (QED) is 0.311. The maximum Gasteiger partial charge on any atom is 0.269 e. The molecule has 0 spiro atoms. The molecule has 0 saturated heterocycles. The van der Waals surface area contributed by atoms with Gasteiger partial charge in [0, 0.05) is 53.2 Å². The minimum absolute atomic E-state index is 0.192. The van der Waals surface area contributed by atoms with Gasteiger partial charge in [-0.15, -0.1) is 11.3 Å². The Balaban J connectivity index is 1.30. The molecule has 7 rings (SSSR count). The molecule has 1 aliphatic heterocycles. The average molecular weight is 554 g/mol. The van der Waals surface area contributed by atoms with E-state index in [0.29, 0.717) is 33.8 Å². The van der Waals surface area contributed by atoms with Crippen LogP contribution in [0.15, 0.2) is 102 Å². The van der Waals surface area contributed by atoms with Crippen LogP contribution in [0.5, 0.6) is 0 Å². The lowest BCUT2D eigenvalue weighted by Crippen LogP contribution is -2.35. The molecule has 39 heavy (non-hydrogen) atoms. The highest BCUT2D eigenvalue weighted by molar-refractivity contribution is 7.90. The normalized spacial score (nSPS) is 17.4. The van der Waals surface area contributed by atoms with E-state index in [0.717, 1.165) is 29.8 Å². The lowest BCUT2D eigenvalue weighted by Gasteiger charge is -2.33. The van der Waals surface area contributed by atoms with Gasteiger partial charge < -0.3 is 9.67 Å². The van der Waals surface area contributed by atoms with E-state index in [4.69, 9.17) is 4.98 Å². The molecule has 6 aromatic rings. The topological polar surface area (TPSA) is 103 Å². The molecule has 2 aromatic carbocycles. The predicted octanol–water partition coefficient (Wildman–Crippen LogP) is 5.29. The van der Waals surface area contributed by atoms with E-state index < -0.39 is 15.6 Å². The van der Waals surface area contributed by atoms with Crippen molar-refractivity contribution in [3.8, 4) is 21.8 Å². The minimum Gasteiger partial charge on any atom is -0.377 e. The van der Waals surface area contributed by atoms with E-state index in [-0.39, 0.29) is 4.90 Å². The van der Waals surface area contributed by atoms with Gasteiger partial charge >= 0.3 is 0 Å². The average Bonchev–Trinajstić information content (AvgIpc) is 3.73. The van der Waals surface area contributed by atoms with Crippen LogP contribution in [0.25, 0.3) is 32.9 Å². The molecule has 194 valence electrons. The van der Waals surface area contributed by atoms with Gasteiger partial charge in [0.15, 0.2) is 5.65 Å². The van der Waals surface area contributed by atoms with E-state index in [1.807, 2.05) is 46.5 Å². The monoisotopic (exact) mass is 553 g/mol. The molecule has 0 amide bonds. The van der Waals surface area contributed by atoms with Crippen molar-refractivity contribution >= 4 is 32.4 Å². The first-order valence-electron chi connectivity index (χ1n) is 12.5. The lowest BCUT2D eigenvalue weighted by molar-refractivity contribution is 0.0420. The Morgan fingerprint density at radius 1 is 0.974 bits per heavy atom. The number of rotatable bonds is 5. The van der Waals surface area contributed by atoms with Gasteiger partial charge in [0.05, 0.1) is 10.6 Å².